The molecule has 1 amide bonds. The zero-order chi connectivity index (χ0) is 22.6. The van der Waals surface area contributed by atoms with Gasteiger partial charge in [0.25, 0.3) is 15.9 Å². The van der Waals surface area contributed by atoms with Crippen LogP contribution in [0.2, 0.25) is 0 Å². The molecule has 0 radical (unpaired) electrons. The molecule has 1 aromatic carbocycles. The molecule has 0 aliphatic carbocycles. The Morgan fingerprint density at radius 1 is 1.16 bits per heavy atom. The standard InChI is InChI=1S/C20H22N4O6S/c1-13-16(14(2)24(23-13)11-15-6-4-3-5-7-15)10-22-18(25)12-29-20(26)17-8-9-19(30-17)31(21,27)28/h3-9H,10-12H2,1-2H3,(H,22,25)(H2,21,27,28). The van der Waals surface area contributed by atoms with E-state index in [4.69, 9.17) is 14.3 Å². The minimum Gasteiger partial charge on any atom is -0.450 e. The number of ether oxygens (including phenoxy) is 1. The van der Waals surface area contributed by atoms with E-state index in [0.717, 1.165) is 34.6 Å². The van der Waals surface area contributed by atoms with Gasteiger partial charge in [0.15, 0.2) is 6.61 Å². The zero-order valence-electron chi connectivity index (χ0n) is 17.0. The summed E-state index contributed by atoms with van der Waals surface area (Å²) in [4.78, 5) is 24.0. The van der Waals surface area contributed by atoms with Crippen molar-refractivity contribution in [2.45, 2.75) is 32.0 Å². The molecule has 0 fully saturated rings. The average Bonchev–Trinajstić information content (AvgIpc) is 3.32. The maximum Gasteiger partial charge on any atom is 0.374 e. The topological polar surface area (TPSA) is 147 Å². The molecule has 0 spiro atoms. The summed E-state index contributed by atoms with van der Waals surface area (Å²) in [5, 5.41) is 11.6. The van der Waals surface area contributed by atoms with Gasteiger partial charge in [-0.05, 0) is 31.5 Å². The van der Waals surface area contributed by atoms with E-state index in [2.05, 4.69) is 10.4 Å². The second-order valence-corrected chi connectivity index (χ2v) is 8.30. The summed E-state index contributed by atoms with van der Waals surface area (Å²) < 4.78 is 33.9. The Balaban J connectivity index is 1.54. The van der Waals surface area contributed by atoms with Crippen molar-refractivity contribution in [2.24, 2.45) is 5.14 Å². The number of carbonyl (C=O) groups excluding carboxylic acids is 2. The highest BCUT2D eigenvalue weighted by atomic mass is 32.2. The van der Waals surface area contributed by atoms with E-state index < -0.39 is 33.6 Å². The first-order chi connectivity index (χ1) is 14.6. The lowest BCUT2D eigenvalue weighted by Crippen LogP contribution is -2.28. The number of amides is 1. The van der Waals surface area contributed by atoms with Gasteiger partial charge in [-0.25, -0.2) is 18.4 Å². The normalized spacial score (nSPS) is 11.3. The first kappa shape index (κ1) is 22.2. The van der Waals surface area contributed by atoms with Gasteiger partial charge in [0.1, 0.15) is 0 Å². The van der Waals surface area contributed by atoms with Crippen molar-refractivity contribution in [2.75, 3.05) is 6.61 Å². The molecule has 0 aliphatic rings. The molecular formula is C20H22N4O6S. The number of rotatable bonds is 8. The van der Waals surface area contributed by atoms with Gasteiger partial charge >= 0.3 is 5.97 Å². The summed E-state index contributed by atoms with van der Waals surface area (Å²) in [6.45, 7) is 4.06. The van der Waals surface area contributed by atoms with Crippen LogP contribution in [0.5, 0.6) is 0 Å². The Morgan fingerprint density at radius 2 is 1.87 bits per heavy atom. The summed E-state index contributed by atoms with van der Waals surface area (Å²) in [7, 11) is -4.07. The van der Waals surface area contributed by atoms with Crippen LogP contribution >= 0.6 is 0 Å². The quantitative estimate of drug-likeness (QED) is 0.495. The van der Waals surface area contributed by atoms with Crippen LogP contribution in [0.1, 0.15) is 33.1 Å². The van der Waals surface area contributed by atoms with Gasteiger partial charge in [-0.1, -0.05) is 30.3 Å². The number of sulfonamides is 1. The molecule has 2 aromatic heterocycles. The van der Waals surface area contributed by atoms with Crippen molar-refractivity contribution >= 4 is 21.9 Å². The molecule has 31 heavy (non-hydrogen) atoms. The van der Waals surface area contributed by atoms with Crippen LogP contribution in [0.4, 0.5) is 0 Å². The fraction of sp³-hybridized carbons (Fsp3) is 0.250. The molecule has 3 aromatic rings. The highest BCUT2D eigenvalue weighted by Gasteiger charge is 2.19. The Labute approximate surface area is 179 Å². The van der Waals surface area contributed by atoms with Crippen molar-refractivity contribution < 1.29 is 27.2 Å². The summed E-state index contributed by atoms with van der Waals surface area (Å²) in [6, 6.07) is 12.0. The molecule has 0 bridgehead atoms. The van der Waals surface area contributed by atoms with E-state index in [1.165, 1.54) is 0 Å². The van der Waals surface area contributed by atoms with Crippen molar-refractivity contribution in [3.8, 4) is 0 Å². The van der Waals surface area contributed by atoms with Gasteiger partial charge in [-0.15, -0.1) is 0 Å². The maximum atomic E-state index is 12.1. The van der Waals surface area contributed by atoms with Crippen LogP contribution in [-0.2, 0) is 32.6 Å². The number of aryl methyl sites for hydroxylation is 1. The summed E-state index contributed by atoms with van der Waals surface area (Å²) in [5.74, 6) is -1.88. The van der Waals surface area contributed by atoms with Crippen LogP contribution in [0, 0.1) is 13.8 Å². The highest BCUT2D eigenvalue weighted by molar-refractivity contribution is 7.89. The molecule has 3 N–H and O–H groups in total. The average molecular weight is 446 g/mol. The van der Waals surface area contributed by atoms with Gasteiger partial charge < -0.3 is 14.5 Å². The third-order valence-corrected chi connectivity index (χ3v) is 5.35. The van der Waals surface area contributed by atoms with Gasteiger partial charge in [0.2, 0.25) is 10.9 Å². The molecule has 11 heteroatoms. The summed E-state index contributed by atoms with van der Waals surface area (Å²) >= 11 is 0. The Morgan fingerprint density at radius 3 is 2.52 bits per heavy atom. The summed E-state index contributed by atoms with van der Waals surface area (Å²) in [5.41, 5.74) is 3.69. The van der Waals surface area contributed by atoms with Crippen LogP contribution < -0.4 is 10.5 Å². The first-order valence-corrected chi connectivity index (χ1v) is 10.8. The Kier molecular flexibility index (Phi) is 6.56. The highest BCUT2D eigenvalue weighted by Crippen LogP contribution is 2.15. The van der Waals surface area contributed by atoms with E-state index in [1.807, 2.05) is 48.9 Å². The van der Waals surface area contributed by atoms with Crippen LogP contribution in [0.3, 0.4) is 0 Å². The van der Waals surface area contributed by atoms with Crippen LogP contribution in [0.25, 0.3) is 0 Å². The predicted molar refractivity (Wildman–Crippen MR) is 109 cm³/mol. The minimum atomic E-state index is -4.07. The molecular weight excluding hydrogens is 424 g/mol. The fourth-order valence-electron chi connectivity index (χ4n) is 2.92. The number of hydrogen-bond acceptors (Lipinski definition) is 7. The smallest absolute Gasteiger partial charge is 0.374 e. The van der Waals surface area contributed by atoms with Gasteiger partial charge in [0.05, 0.1) is 12.2 Å². The van der Waals surface area contributed by atoms with E-state index in [0.29, 0.717) is 6.54 Å². The SMILES string of the molecule is Cc1nn(Cc2ccccc2)c(C)c1CNC(=O)COC(=O)c1ccc(S(N)(=O)=O)o1. The number of carbonyl (C=O) groups is 2. The second-order valence-electron chi connectivity index (χ2n) is 6.81. The van der Waals surface area contributed by atoms with Gasteiger partial charge in [-0.3, -0.25) is 9.48 Å². The molecule has 10 nitrogen and oxygen atoms in total. The fourth-order valence-corrected chi connectivity index (χ4v) is 3.39. The lowest BCUT2D eigenvalue weighted by Gasteiger charge is -2.08. The Bertz CT molecular complexity index is 1200. The lowest BCUT2D eigenvalue weighted by molar-refractivity contribution is -0.124. The number of nitrogens with two attached hydrogens (primary N) is 1. The third kappa shape index (κ3) is 5.58. The number of nitrogens with one attached hydrogen (secondary N) is 1. The molecule has 0 saturated heterocycles. The molecule has 2 heterocycles. The predicted octanol–water partition coefficient (Wildman–Crippen LogP) is 1.26. The lowest BCUT2D eigenvalue weighted by atomic mass is 10.2. The van der Waals surface area contributed by atoms with Crippen LogP contribution in [-0.4, -0.2) is 36.7 Å². The molecule has 3 rings (SSSR count). The van der Waals surface area contributed by atoms with E-state index >= 15 is 0 Å². The second kappa shape index (κ2) is 9.14. The third-order valence-electron chi connectivity index (χ3n) is 4.57. The van der Waals surface area contributed by atoms with Crippen molar-refractivity contribution in [1.29, 1.82) is 0 Å². The molecule has 0 aliphatic heterocycles. The number of esters is 1. The molecule has 0 saturated carbocycles. The number of hydrogen-bond donors (Lipinski definition) is 2. The number of nitrogens with zero attached hydrogens (tertiary/aromatic N) is 2. The van der Waals surface area contributed by atoms with Crippen LogP contribution in [0.15, 0.2) is 52.0 Å². The van der Waals surface area contributed by atoms with Gasteiger partial charge in [0, 0.05) is 17.8 Å². The van der Waals surface area contributed by atoms with Crippen molar-refractivity contribution in [3.63, 3.8) is 0 Å². The van der Waals surface area contributed by atoms with Crippen molar-refractivity contribution in [1.82, 2.24) is 15.1 Å². The minimum absolute atomic E-state index is 0.221. The van der Waals surface area contributed by atoms with Gasteiger partial charge in [-0.2, -0.15) is 5.10 Å². The zero-order valence-corrected chi connectivity index (χ0v) is 17.8. The summed E-state index contributed by atoms with van der Waals surface area (Å²) in [6.07, 6.45) is 0. The molecule has 0 atom stereocenters. The largest absolute Gasteiger partial charge is 0.450 e. The molecule has 164 valence electrons. The number of furan rings is 1. The van der Waals surface area contributed by atoms with E-state index in [-0.39, 0.29) is 12.3 Å². The Hall–Kier alpha value is -3.44. The van der Waals surface area contributed by atoms with E-state index in [1.54, 1.807) is 0 Å². The van der Waals surface area contributed by atoms with E-state index in [9.17, 15) is 18.0 Å². The number of primary sulfonamides is 1. The van der Waals surface area contributed by atoms with Crippen molar-refractivity contribution in [3.05, 3.63) is 70.7 Å². The molecule has 0 unspecified atom stereocenters. The maximum absolute atomic E-state index is 12.1. The monoisotopic (exact) mass is 446 g/mol. The first-order valence-electron chi connectivity index (χ1n) is 9.28. The number of aromatic nitrogens is 2. The number of benzene rings is 1.